The lowest BCUT2D eigenvalue weighted by atomic mass is 9.83. The molecule has 0 aliphatic carbocycles. The molecule has 1 aliphatic heterocycles. The zero-order chi connectivity index (χ0) is 13.6. The molecule has 2 rings (SSSR count). The maximum absolute atomic E-state index is 11.7. The molecule has 1 aliphatic rings. The highest BCUT2D eigenvalue weighted by atomic mass is 16.1. The monoisotopic (exact) mass is 256 g/mol. The van der Waals surface area contributed by atoms with E-state index in [-0.39, 0.29) is 11.3 Å². The summed E-state index contributed by atoms with van der Waals surface area (Å²) in [5, 5.41) is 6.28. The quantitative estimate of drug-likeness (QED) is 0.788. The number of piperidine rings is 1. The van der Waals surface area contributed by atoms with Gasteiger partial charge in [0.05, 0.1) is 0 Å². The summed E-state index contributed by atoms with van der Waals surface area (Å²) in [6.07, 6.45) is 2.31. The number of carbonyl (C=O) groups excluding carboxylic acids is 1. The van der Waals surface area contributed by atoms with Crippen LogP contribution in [0.5, 0.6) is 0 Å². The van der Waals surface area contributed by atoms with E-state index in [1.165, 1.54) is 6.42 Å². The van der Waals surface area contributed by atoms with Crippen LogP contribution in [0.2, 0.25) is 0 Å². The molecule has 0 bridgehead atoms. The van der Waals surface area contributed by atoms with Crippen molar-refractivity contribution in [2.45, 2.75) is 19.8 Å². The van der Waals surface area contributed by atoms with Crippen molar-refractivity contribution in [3.8, 4) is 11.8 Å². The zero-order valence-corrected chi connectivity index (χ0v) is 11.3. The fraction of sp³-hybridized carbons (Fsp3) is 0.438. The van der Waals surface area contributed by atoms with Gasteiger partial charge < -0.3 is 10.6 Å². The fourth-order valence-corrected chi connectivity index (χ4v) is 2.26. The van der Waals surface area contributed by atoms with Crippen molar-refractivity contribution in [3.05, 3.63) is 35.9 Å². The van der Waals surface area contributed by atoms with Gasteiger partial charge in [0.1, 0.15) is 0 Å². The number of hydrogen-bond acceptors (Lipinski definition) is 2. The van der Waals surface area contributed by atoms with Crippen LogP contribution in [0.3, 0.4) is 0 Å². The molecule has 0 aromatic heterocycles. The molecule has 1 fully saturated rings. The van der Waals surface area contributed by atoms with Crippen molar-refractivity contribution in [3.63, 3.8) is 0 Å². The number of carbonyl (C=O) groups is 1. The Morgan fingerprint density at radius 1 is 1.42 bits per heavy atom. The average molecular weight is 256 g/mol. The van der Waals surface area contributed by atoms with Crippen LogP contribution in [0.25, 0.3) is 0 Å². The van der Waals surface area contributed by atoms with E-state index >= 15 is 0 Å². The molecule has 0 radical (unpaired) electrons. The first-order valence-electron chi connectivity index (χ1n) is 6.74. The van der Waals surface area contributed by atoms with Gasteiger partial charge in [-0.1, -0.05) is 31.0 Å². The molecule has 1 saturated heterocycles. The summed E-state index contributed by atoms with van der Waals surface area (Å²) in [4.78, 5) is 11.7. The van der Waals surface area contributed by atoms with E-state index in [1.54, 1.807) is 0 Å². The molecule has 1 atom stereocenters. The Morgan fingerprint density at radius 3 is 2.89 bits per heavy atom. The molecule has 2 N–H and O–H groups in total. The molecule has 0 spiro atoms. The second kappa shape index (κ2) is 6.40. The normalized spacial score (nSPS) is 22.2. The van der Waals surface area contributed by atoms with Crippen molar-refractivity contribution in [1.82, 2.24) is 10.6 Å². The van der Waals surface area contributed by atoms with Gasteiger partial charge in [-0.2, -0.15) is 0 Å². The van der Waals surface area contributed by atoms with Gasteiger partial charge in [-0.3, -0.25) is 4.79 Å². The van der Waals surface area contributed by atoms with Crippen LogP contribution in [-0.4, -0.2) is 25.5 Å². The molecular formula is C16H20N2O. The van der Waals surface area contributed by atoms with Crippen LogP contribution in [0, 0.1) is 17.3 Å². The maximum atomic E-state index is 11.7. The lowest BCUT2D eigenvalue weighted by Crippen LogP contribution is -2.45. The number of nitrogens with one attached hydrogen (secondary N) is 2. The van der Waals surface area contributed by atoms with Gasteiger partial charge in [0.2, 0.25) is 0 Å². The first-order chi connectivity index (χ1) is 9.18. The van der Waals surface area contributed by atoms with Crippen molar-refractivity contribution in [2.24, 2.45) is 5.41 Å². The first-order valence-corrected chi connectivity index (χ1v) is 6.74. The molecule has 19 heavy (non-hydrogen) atoms. The Hall–Kier alpha value is -1.79. The van der Waals surface area contributed by atoms with Gasteiger partial charge in [-0.25, -0.2) is 0 Å². The smallest absolute Gasteiger partial charge is 0.296 e. The van der Waals surface area contributed by atoms with Crippen LogP contribution in [-0.2, 0) is 4.79 Å². The first kappa shape index (κ1) is 13.6. The topological polar surface area (TPSA) is 41.1 Å². The minimum Gasteiger partial charge on any atom is -0.345 e. The van der Waals surface area contributed by atoms with Gasteiger partial charge in [-0.05, 0) is 36.9 Å². The summed E-state index contributed by atoms with van der Waals surface area (Å²) < 4.78 is 0. The Labute approximate surface area is 114 Å². The predicted octanol–water partition coefficient (Wildman–Crippen LogP) is 1.54. The Kier molecular flexibility index (Phi) is 4.59. The maximum Gasteiger partial charge on any atom is 0.296 e. The van der Waals surface area contributed by atoms with Crippen molar-refractivity contribution >= 4 is 5.91 Å². The van der Waals surface area contributed by atoms with E-state index < -0.39 is 0 Å². The summed E-state index contributed by atoms with van der Waals surface area (Å²) in [6.45, 7) is 4.92. The van der Waals surface area contributed by atoms with Crippen LogP contribution < -0.4 is 10.6 Å². The van der Waals surface area contributed by atoms with Crippen LogP contribution in [0.4, 0.5) is 0 Å². The molecule has 3 heteroatoms. The van der Waals surface area contributed by atoms with Crippen LogP contribution >= 0.6 is 0 Å². The summed E-state index contributed by atoms with van der Waals surface area (Å²) in [5.41, 5.74) is 1.02. The summed E-state index contributed by atoms with van der Waals surface area (Å²) >= 11 is 0. The summed E-state index contributed by atoms with van der Waals surface area (Å²) in [7, 11) is 0. The minimum absolute atomic E-state index is 0.155. The second-order valence-corrected chi connectivity index (χ2v) is 5.39. The Bertz CT molecular complexity index is 478. The second-order valence-electron chi connectivity index (χ2n) is 5.39. The third-order valence-corrected chi connectivity index (χ3v) is 3.46. The van der Waals surface area contributed by atoms with Gasteiger partial charge >= 0.3 is 0 Å². The molecule has 1 heterocycles. The largest absolute Gasteiger partial charge is 0.345 e. The third kappa shape index (κ3) is 4.42. The van der Waals surface area contributed by atoms with Crippen molar-refractivity contribution in [1.29, 1.82) is 0 Å². The van der Waals surface area contributed by atoms with E-state index in [9.17, 15) is 4.79 Å². The van der Waals surface area contributed by atoms with E-state index in [1.807, 2.05) is 30.3 Å². The highest BCUT2D eigenvalue weighted by Crippen LogP contribution is 2.23. The molecule has 3 nitrogen and oxygen atoms in total. The molecule has 1 amide bonds. The molecular weight excluding hydrogens is 236 g/mol. The SMILES string of the molecule is CC1(CNC(=O)C#Cc2ccccc2)CCCNC1. The van der Waals surface area contributed by atoms with Crippen LogP contribution in [0.15, 0.2) is 30.3 Å². The lowest BCUT2D eigenvalue weighted by Gasteiger charge is -2.33. The fourth-order valence-electron chi connectivity index (χ4n) is 2.26. The van der Waals surface area contributed by atoms with E-state index in [0.717, 1.165) is 25.1 Å². The highest BCUT2D eigenvalue weighted by molar-refractivity contribution is 5.94. The van der Waals surface area contributed by atoms with Gasteiger partial charge in [0.25, 0.3) is 5.91 Å². The Morgan fingerprint density at radius 2 is 2.21 bits per heavy atom. The van der Waals surface area contributed by atoms with Crippen molar-refractivity contribution < 1.29 is 4.79 Å². The lowest BCUT2D eigenvalue weighted by molar-refractivity contribution is -0.116. The third-order valence-electron chi connectivity index (χ3n) is 3.46. The van der Waals surface area contributed by atoms with E-state index in [4.69, 9.17) is 0 Å². The van der Waals surface area contributed by atoms with E-state index in [2.05, 4.69) is 29.4 Å². The average Bonchev–Trinajstić information content (AvgIpc) is 2.45. The number of hydrogen-bond donors (Lipinski definition) is 2. The highest BCUT2D eigenvalue weighted by Gasteiger charge is 2.26. The van der Waals surface area contributed by atoms with Gasteiger partial charge in [0.15, 0.2) is 0 Å². The van der Waals surface area contributed by atoms with E-state index in [0.29, 0.717) is 6.54 Å². The predicted molar refractivity (Wildman–Crippen MR) is 76.5 cm³/mol. The summed E-state index contributed by atoms with van der Waals surface area (Å²) in [6, 6.07) is 9.55. The molecule has 1 aromatic rings. The van der Waals surface area contributed by atoms with Crippen molar-refractivity contribution in [2.75, 3.05) is 19.6 Å². The number of amides is 1. The molecule has 1 unspecified atom stereocenters. The number of rotatable bonds is 2. The summed E-state index contributed by atoms with van der Waals surface area (Å²) in [5.74, 6) is 5.30. The van der Waals surface area contributed by atoms with Gasteiger partial charge in [0, 0.05) is 24.6 Å². The minimum atomic E-state index is -0.198. The standard InChI is InChI=1S/C16H20N2O/c1-16(10-5-11-17-12-16)13-18-15(19)9-8-14-6-3-2-4-7-14/h2-4,6-7,17H,5,10-13H2,1H3,(H,18,19). The molecule has 100 valence electrons. The van der Waals surface area contributed by atoms with Crippen LogP contribution in [0.1, 0.15) is 25.3 Å². The van der Waals surface area contributed by atoms with Gasteiger partial charge in [-0.15, -0.1) is 0 Å². The molecule has 1 aromatic carbocycles. The Balaban J connectivity index is 1.83. The zero-order valence-electron chi connectivity index (χ0n) is 11.3. The number of benzene rings is 1. The molecule has 0 saturated carbocycles.